The number of carboxylic acid groups (broad SMARTS) is 1. The summed E-state index contributed by atoms with van der Waals surface area (Å²) in [5, 5.41) is 87.7. The van der Waals surface area contributed by atoms with Gasteiger partial charge in [-0.3, -0.25) is 9.59 Å². The molecule has 52 heavy (non-hydrogen) atoms. The van der Waals surface area contributed by atoms with E-state index in [4.69, 9.17) is 23.4 Å². The Morgan fingerprint density at radius 3 is 1.58 bits per heavy atom. The van der Waals surface area contributed by atoms with Crippen molar-refractivity contribution in [3.8, 4) is 57.1 Å². The van der Waals surface area contributed by atoms with Gasteiger partial charge in [-0.25, -0.2) is 4.79 Å². The number of carbonyl (C=O) groups is 1. The highest BCUT2D eigenvalue weighted by Crippen LogP contribution is 2.43. The van der Waals surface area contributed by atoms with Gasteiger partial charge in [-0.1, -0.05) is 60.7 Å². The Morgan fingerprint density at radius 1 is 0.596 bits per heavy atom. The first-order chi connectivity index (χ1) is 24.8. The van der Waals surface area contributed by atoms with Crippen LogP contribution in [0.3, 0.4) is 0 Å². The molecule has 268 valence electrons. The van der Waals surface area contributed by atoms with E-state index in [0.717, 1.165) is 18.2 Å². The molecule has 1 aliphatic rings. The van der Waals surface area contributed by atoms with E-state index in [9.17, 15) is 55.2 Å². The number of hydrogen-bond acceptors (Lipinski definition) is 15. The maximum absolute atomic E-state index is 12.5. The van der Waals surface area contributed by atoms with Crippen LogP contribution in [0.4, 0.5) is 0 Å². The van der Waals surface area contributed by atoms with Gasteiger partial charge < -0.3 is 64.3 Å². The zero-order valence-electron chi connectivity index (χ0n) is 26.4. The lowest BCUT2D eigenvalue weighted by Gasteiger charge is -2.38. The average molecular weight is 717 g/mol. The lowest BCUT2D eigenvalue weighted by atomic mass is 9.99. The standard InChI is InChI=1S/C21H18O11.C15H10O5/c22-9-6-10(8-4-2-1-3-5-8)30-11-7-12(14(23)15(24)13(9)11)31-21-18(27)16(25)17(26)19(32-21)20(28)29;16-9-6-11(8-4-2-1-3-5-8)20-12-7-10(17)14(18)15(19)13(9)12/h1-7,16-19,21,23-27H,(H,28,29);1-7,17-19H/t16-,17-,18+,19-,21-;/m0./s1. The highest BCUT2D eigenvalue weighted by Gasteiger charge is 2.48. The third kappa shape index (κ3) is 6.52. The number of benzene rings is 4. The lowest BCUT2D eigenvalue weighted by Crippen LogP contribution is -2.61. The van der Waals surface area contributed by atoms with Gasteiger partial charge in [0.25, 0.3) is 0 Å². The first kappa shape index (κ1) is 35.2. The third-order valence-electron chi connectivity index (χ3n) is 8.05. The van der Waals surface area contributed by atoms with Gasteiger partial charge in [0.1, 0.15) is 51.8 Å². The van der Waals surface area contributed by atoms with Gasteiger partial charge in [0, 0.05) is 35.4 Å². The van der Waals surface area contributed by atoms with Gasteiger partial charge in [0.05, 0.1) is 0 Å². The summed E-state index contributed by atoms with van der Waals surface area (Å²) in [7, 11) is 0. The summed E-state index contributed by atoms with van der Waals surface area (Å²) in [6.45, 7) is 0. The number of fused-ring (bicyclic) bond motifs is 2. The number of aromatic hydroxyl groups is 5. The highest BCUT2D eigenvalue weighted by atomic mass is 16.7. The van der Waals surface area contributed by atoms with Crippen molar-refractivity contribution in [3.63, 3.8) is 0 Å². The average Bonchev–Trinajstić information content (AvgIpc) is 3.13. The van der Waals surface area contributed by atoms with Crippen molar-refractivity contribution in [1.82, 2.24) is 0 Å². The molecule has 3 heterocycles. The van der Waals surface area contributed by atoms with Crippen LogP contribution < -0.4 is 15.6 Å². The van der Waals surface area contributed by atoms with Crippen molar-refractivity contribution in [1.29, 1.82) is 0 Å². The fourth-order valence-electron chi connectivity index (χ4n) is 5.40. The van der Waals surface area contributed by atoms with Crippen LogP contribution in [0.5, 0.6) is 34.5 Å². The Bertz CT molecular complexity index is 2400. The van der Waals surface area contributed by atoms with E-state index in [2.05, 4.69) is 0 Å². The molecule has 0 aliphatic carbocycles. The number of rotatable bonds is 5. The number of carboxylic acids is 1. The highest BCUT2D eigenvalue weighted by molar-refractivity contribution is 5.90. The van der Waals surface area contributed by atoms with Crippen molar-refractivity contribution in [2.45, 2.75) is 30.7 Å². The molecule has 6 aromatic rings. The topological polar surface area (TPSA) is 278 Å². The normalized spacial score (nSPS) is 19.9. The van der Waals surface area contributed by atoms with Crippen molar-refractivity contribution in [3.05, 3.63) is 105 Å². The fraction of sp³-hybridized carbons (Fsp3) is 0.139. The van der Waals surface area contributed by atoms with Crippen molar-refractivity contribution >= 4 is 27.9 Å². The Labute approximate surface area is 290 Å². The molecule has 0 radical (unpaired) electrons. The first-order valence-electron chi connectivity index (χ1n) is 15.2. The van der Waals surface area contributed by atoms with Crippen LogP contribution >= 0.6 is 0 Å². The maximum atomic E-state index is 12.5. The van der Waals surface area contributed by atoms with E-state index in [-0.39, 0.29) is 27.7 Å². The van der Waals surface area contributed by atoms with Gasteiger partial charge in [-0.15, -0.1) is 0 Å². The van der Waals surface area contributed by atoms with E-state index >= 15 is 0 Å². The zero-order chi connectivity index (χ0) is 37.4. The Hall–Kier alpha value is -6.59. The monoisotopic (exact) mass is 716 g/mol. The van der Waals surface area contributed by atoms with Crippen LogP contribution in [0.2, 0.25) is 0 Å². The van der Waals surface area contributed by atoms with E-state index in [1.807, 2.05) is 6.07 Å². The number of ether oxygens (including phenoxy) is 2. The molecule has 2 aromatic heterocycles. The van der Waals surface area contributed by atoms with Crippen molar-refractivity contribution in [2.75, 3.05) is 0 Å². The number of aliphatic hydroxyl groups is 3. The van der Waals surface area contributed by atoms with Crippen molar-refractivity contribution < 1.29 is 69.1 Å². The van der Waals surface area contributed by atoms with Gasteiger partial charge in [0.15, 0.2) is 40.0 Å². The second-order valence-electron chi connectivity index (χ2n) is 11.4. The molecule has 0 amide bonds. The lowest BCUT2D eigenvalue weighted by molar-refractivity contribution is -0.271. The molecule has 0 saturated carbocycles. The summed E-state index contributed by atoms with van der Waals surface area (Å²) in [5.41, 5.74) is -0.0696. The Balaban J connectivity index is 0.000000198. The molecule has 5 atom stereocenters. The minimum absolute atomic E-state index is 0.00385. The number of hydrogen-bond donors (Lipinski definition) is 9. The Kier molecular flexibility index (Phi) is 9.47. The molecule has 9 N–H and O–H groups in total. The smallest absolute Gasteiger partial charge is 0.335 e. The summed E-state index contributed by atoms with van der Waals surface area (Å²) in [4.78, 5) is 35.8. The van der Waals surface area contributed by atoms with E-state index in [1.165, 1.54) is 6.07 Å². The summed E-state index contributed by atoms with van der Waals surface area (Å²) in [6.07, 6.45) is -9.56. The molecule has 7 rings (SSSR count). The van der Waals surface area contributed by atoms with Crippen LogP contribution in [0.1, 0.15) is 0 Å². The quantitative estimate of drug-likeness (QED) is 0.116. The molecule has 0 bridgehead atoms. The van der Waals surface area contributed by atoms with Crippen LogP contribution in [0.15, 0.2) is 103 Å². The van der Waals surface area contributed by atoms with Crippen molar-refractivity contribution in [2.24, 2.45) is 0 Å². The third-order valence-corrected chi connectivity index (χ3v) is 8.05. The number of phenolic OH excluding ortho intramolecular Hbond substituents is 5. The second kappa shape index (κ2) is 14.0. The fourth-order valence-corrected chi connectivity index (χ4v) is 5.40. The molecule has 16 heteroatoms. The SMILES string of the molecule is O=C(O)[C@H]1O[C@H](Oc2cc3oc(-c4ccccc4)cc(=O)c3c(O)c2O)[C@H](O)[C@@H](O)[C@@H]1O.O=c1cc(-c2ccccc2)oc2cc(O)c(O)c(O)c12. The van der Waals surface area contributed by atoms with Gasteiger partial charge in [-0.05, 0) is 0 Å². The predicted molar refractivity (Wildman–Crippen MR) is 179 cm³/mol. The zero-order valence-corrected chi connectivity index (χ0v) is 26.4. The van der Waals surface area contributed by atoms with Gasteiger partial charge >= 0.3 is 5.97 Å². The van der Waals surface area contributed by atoms with Crippen LogP contribution in [-0.2, 0) is 9.53 Å². The minimum atomic E-state index is -1.94. The molecule has 1 saturated heterocycles. The Morgan fingerprint density at radius 2 is 1.08 bits per heavy atom. The van der Waals surface area contributed by atoms with Crippen LogP contribution in [-0.4, -0.2) is 82.6 Å². The largest absolute Gasteiger partial charge is 0.504 e. The summed E-state index contributed by atoms with van der Waals surface area (Å²) in [6, 6.07) is 22.1. The molecule has 4 aromatic carbocycles. The molecule has 16 nitrogen and oxygen atoms in total. The predicted octanol–water partition coefficient (Wildman–Crippen LogP) is 2.72. The minimum Gasteiger partial charge on any atom is -0.504 e. The van der Waals surface area contributed by atoms with E-state index in [1.54, 1.807) is 54.6 Å². The molecule has 0 unspecified atom stereocenters. The van der Waals surface area contributed by atoms with Gasteiger partial charge in [0.2, 0.25) is 17.8 Å². The number of aliphatic carboxylic acids is 1. The number of phenols is 5. The van der Waals surface area contributed by atoms with E-state index < -0.39 is 82.0 Å². The second-order valence-corrected chi connectivity index (χ2v) is 11.4. The summed E-state index contributed by atoms with van der Waals surface area (Å²) in [5.74, 6) is -5.42. The molecule has 0 spiro atoms. The van der Waals surface area contributed by atoms with Crippen LogP contribution in [0.25, 0.3) is 44.6 Å². The summed E-state index contributed by atoms with van der Waals surface area (Å²) >= 11 is 0. The number of aliphatic hydroxyl groups excluding tert-OH is 3. The van der Waals surface area contributed by atoms with Gasteiger partial charge in [-0.2, -0.15) is 0 Å². The summed E-state index contributed by atoms with van der Waals surface area (Å²) < 4.78 is 21.5. The molecule has 1 aliphatic heterocycles. The maximum Gasteiger partial charge on any atom is 0.335 e. The molecular weight excluding hydrogens is 688 g/mol. The van der Waals surface area contributed by atoms with E-state index in [0.29, 0.717) is 16.9 Å². The molecule has 1 fully saturated rings. The molecular formula is C36H28O16. The first-order valence-corrected chi connectivity index (χ1v) is 15.2. The van der Waals surface area contributed by atoms with Crippen LogP contribution in [0, 0.1) is 0 Å².